The molecule has 8 nitrogen and oxygen atoms in total. The molecule has 0 fully saturated rings. The first-order valence-electron chi connectivity index (χ1n) is 9.16. The van der Waals surface area contributed by atoms with E-state index in [1.54, 1.807) is 12.1 Å². The number of nitrogens with one attached hydrogen (secondary N) is 1. The van der Waals surface area contributed by atoms with E-state index >= 15 is 0 Å². The standard InChI is InChI=1S/C19H20ClNO7S3/c1-29-9-6-13(19(23)28-11-14(22)17-4-5-18(20)30-17)21-31(24,25)12-2-3-15-16(10-12)27-8-7-26-15/h2-5,10,13,21H,6-9,11H2,1H3. The quantitative estimate of drug-likeness (QED) is 0.388. The summed E-state index contributed by atoms with van der Waals surface area (Å²) in [6.45, 7) is 0.198. The van der Waals surface area contributed by atoms with Gasteiger partial charge in [0, 0.05) is 6.07 Å². The lowest BCUT2D eigenvalue weighted by Gasteiger charge is -2.20. The van der Waals surface area contributed by atoms with Crippen LogP contribution in [0.25, 0.3) is 0 Å². The zero-order valence-corrected chi connectivity index (χ0v) is 19.7. The SMILES string of the molecule is CSCCC(NS(=O)(=O)c1ccc2c(c1)OCCO2)C(=O)OCC(=O)c1ccc(Cl)s1. The summed E-state index contributed by atoms with van der Waals surface area (Å²) in [6, 6.07) is 6.19. The molecule has 0 saturated heterocycles. The molecule has 0 aliphatic carbocycles. The van der Waals surface area contributed by atoms with E-state index in [2.05, 4.69) is 4.72 Å². The monoisotopic (exact) mass is 505 g/mol. The minimum atomic E-state index is -4.05. The first-order valence-corrected chi connectivity index (χ1v) is 13.2. The van der Waals surface area contributed by atoms with Crippen LogP contribution in [-0.4, -0.2) is 58.0 Å². The summed E-state index contributed by atoms with van der Waals surface area (Å²) in [6.07, 6.45) is 2.03. The highest BCUT2D eigenvalue weighted by molar-refractivity contribution is 7.98. The Bertz CT molecular complexity index is 1050. The van der Waals surface area contributed by atoms with Crippen LogP contribution in [0.1, 0.15) is 16.1 Å². The molecule has 168 valence electrons. The maximum atomic E-state index is 12.9. The van der Waals surface area contributed by atoms with E-state index < -0.39 is 34.4 Å². The van der Waals surface area contributed by atoms with Crippen LogP contribution in [0.4, 0.5) is 0 Å². The number of rotatable bonds is 10. The van der Waals surface area contributed by atoms with Crippen LogP contribution in [0.5, 0.6) is 11.5 Å². The van der Waals surface area contributed by atoms with Gasteiger partial charge in [-0.05, 0) is 42.7 Å². The number of hydrogen-bond acceptors (Lipinski definition) is 9. The van der Waals surface area contributed by atoms with E-state index in [4.69, 9.17) is 25.8 Å². The zero-order chi connectivity index (χ0) is 22.4. The molecule has 1 unspecified atom stereocenters. The lowest BCUT2D eigenvalue weighted by molar-refractivity contribution is -0.144. The number of sulfonamides is 1. The van der Waals surface area contributed by atoms with Crippen molar-refractivity contribution >= 4 is 56.5 Å². The van der Waals surface area contributed by atoms with Crippen molar-refractivity contribution in [1.29, 1.82) is 0 Å². The second kappa shape index (κ2) is 10.7. The molecular formula is C19H20ClNO7S3. The summed E-state index contributed by atoms with van der Waals surface area (Å²) >= 11 is 8.34. The van der Waals surface area contributed by atoms with E-state index in [-0.39, 0.29) is 11.3 Å². The van der Waals surface area contributed by atoms with Gasteiger partial charge in [-0.2, -0.15) is 16.5 Å². The highest BCUT2D eigenvalue weighted by Crippen LogP contribution is 2.32. The lowest BCUT2D eigenvalue weighted by Crippen LogP contribution is -2.42. The van der Waals surface area contributed by atoms with E-state index in [0.29, 0.717) is 39.7 Å². The Morgan fingerprint density at radius 2 is 1.97 bits per heavy atom. The molecular weight excluding hydrogens is 486 g/mol. The van der Waals surface area contributed by atoms with Crippen molar-refractivity contribution in [2.24, 2.45) is 0 Å². The van der Waals surface area contributed by atoms with Crippen molar-refractivity contribution in [2.75, 3.05) is 31.8 Å². The first kappa shape index (κ1) is 23.9. The van der Waals surface area contributed by atoms with Crippen LogP contribution in [0.2, 0.25) is 4.34 Å². The molecule has 0 saturated carbocycles. The first-order chi connectivity index (χ1) is 14.8. The van der Waals surface area contributed by atoms with Crippen LogP contribution in [0, 0.1) is 0 Å². The summed E-state index contributed by atoms with van der Waals surface area (Å²) < 4.78 is 44.5. The van der Waals surface area contributed by atoms with Gasteiger partial charge in [-0.25, -0.2) is 8.42 Å². The van der Waals surface area contributed by atoms with Gasteiger partial charge in [0.2, 0.25) is 15.8 Å². The smallest absolute Gasteiger partial charge is 0.324 e. The highest BCUT2D eigenvalue weighted by Gasteiger charge is 2.28. The third-order valence-electron chi connectivity index (χ3n) is 4.21. The zero-order valence-electron chi connectivity index (χ0n) is 16.5. The molecule has 1 aliphatic rings. The third-order valence-corrected chi connectivity index (χ3v) is 7.60. The number of Topliss-reactive ketones (excluding diaryl/α,β-unsaturated/α-hetero) is 1. The van der Waals surface area contributed by atoms with Gasteiger partial charge in [0.05, 0.1) is 14.1 Å². The molecule has 2 aromatic rings. The molecule has 0 amide bonds. The molecule has 12 heteroatoms. The molecule has 1 aliphatic heterocycles. The van der Waals surface area contributed by atoms with Gasteiger partial charge in [0.15, 0.2) is 18.1 Å². The molecule has 1 atom stereocenters. The molecule has 1 aromatic carbocycles. The number of carbonyl (C=O) groups is 2. The molecule has 31 heavy (non-hydrogen) atoms. The topological polar surface area (TPSA) is 108 Å². The number of fused-ring (bicyclic) bond motifs is 1. The van der Waals surface area contributed by atoms with Crippen LogP contribution in [0.15, 0.2) is 35.2 Å². The summed E-state index contributed by atoms with van der Waals surface area (Å²) in [5.74, 6) is 0.0424. The maximum absolute atomic E-state index is 12.9. The van der Waals surface area contributed by atoms with Crippen molar-refractivity contribution in [3.05, 3.63) is 39.5 Å². The average Bonchev–Trinajstić information content (AvgIpc) is 3.20. The van der Waals surface area contributed by atoms with E-state index in [1.165, 1.54) is 30.0 Å². The largest absolute Gasteiger partial charge is 0.486 e. The van der Waals surface area contributed by atoms with Gasteiger partial charge in [-0.15, -0.1) is 11.3 Å². The molecule has 1 N–H and O–H groups in total. The maximum Gasteiger partial charge on any atom is 0.324 e. The van der Waals surface area contributed by atoms with Gasteiger partial charge in [0.25, 0.3) is 0 Å². The number of esters is 1. The van der Waals surface area contributed by atoms with Gasteiger partial charge >= 0.3 is 5.97 Å². The van der Waals surface area contributed by atoms with Crippen LogP contribution < -0.4 is 14.2 Å². The minimum absolute atomic E-state index is 0.0667. The van der Waals surface area contributed by atoms with Crippen molar-refractivity contribution < 1.29 is 32.2 Å². The highest BCUT2D eigenvalue weighted by atomic mass is 35.5. The second-order valence-electron chi connectivity index (χ2n) is 6.40. The van der Waals surface area contributed by atoms with E-state index in [0.717, 1.165) is 11.3 Å². The van der Waals surface area contributed by atoms with Gasteiger partial charge in [-0.1, -0.05) is 11.6 Å². The Labute approximate surface area is 193 Å². The number of hydrogen-bond donors (Lipinski definition) is 1. The molecule has 3 rings (SSSR count). The Morgan fingerprint density at radius 1 is 1.23 bits per heavy atom. The summed E-state index contributed by atoms with van der Waals surface area (Å²) in [5, 5.41) is 0. The number of thioether (sulfide) groups is 1. The fraction of sp³-hybridized carbons (Fsp3) is 0.368. The molecule has 0 spiro atoms. The normalized spacial score (nSPS) is 14.1. The Hall–Kier alpha value is -1.79. The molecule has 0 bridgehead atoms. The lowest BCUT2D eigenvalue weighted by atomic mass is 10.2. The van der Waals surface area contributed by atoms with Crippen molar-refractivity contribution in [1.82, 2.24) is 4.72 Å². The summed E-state index contributed by atoms with van der Waals surface area (Å²) in [7, 11) is -4.05. The van der Waals surface area contributed by atoms with Crippen LogP contribution >= 0.6 is 34.7 Å². The predicted octanol–water partition coefficient (Wildman–Crippen LogP) is 3.00. The number of ketones is 1. The number of ether oxygens (including phenoxy) is 3. The minimum Gasteiger partial charge on any atom is -0.486 e. The third kappa shape index (κ3) is 6.36. The fourth-order valence-corrected chi connectivity index (χ4v) is 5.35. The molecule has 2 heterocycles. The molecule has 0 radical (unpaired) electrons. The molecule has 1 aromatic heterocycles. The summed E-state index contributed by atoms with van der Waals surface area (Å²) in [4.78, 5) is 25.0. The van der Waals surface area contributed by atoms with E-state index in [1.807, 2.05) is 6.26 Å². The Balaban J connectivity index is 1.69. The second-order valence-corrected chi connectivity index (χ2v) is 10.8. The Morgan fingerprint density at radius 3 is 2.65 bits per heavy atom. The number of benzene rings is 1. The van der Waals surface area contributed by atoms with Crippen LogP contribution in [-0.2, 0) is 19.6 Å². The Kier molecular flexibility index (Phi) is 8.23. The van der Waals surface area contributed by atoms with Crippen LogP contribution in [0.3, 0.4) is 0 Å². The number of halogens is 1. The van der Waals surface area contributed by atoms with Gasteiger partial charge < -0.3 is 14.2 Å². The van der Waals surface area contributed by atoms with Gasteiger partial charge in [-0.3, -0.25) is 9.59 Å². The fourth-order valence-electron chi connectivity index (χ4n) is 2.68. The van der Waals surface area contributed by atoms with Crippen molar-refractivity contribution in [2.45, 2.75) is 17.4 Å². The number of carbonyl (C=O) groups excluding carboxylic acids is 2. The summed E-state index contributed by atoms with van der Waals surface area (Å²) in [5.41, 5.74) is 0. The van der Waals surface area contributed by atoms with Crippen molar-refractivity contribution in [3.63, 3.8) is 0 Å². The van der Waals surface area contributed by atoms with Gasteiger partial charge in [0.1, 0.15) is 19.3 Å². The average molecular weight is 506 g/mol. The van der Waals surface area contributed by atoms with E-state index in [9.17, 15) is 18.0 Å². The number of thiophene rings is 1. The predicted molar refractivity (Wildman–Crippen MR) is 119 cm³/mol. The van der Waals surface area contributed by atoms with Crippen molar-refractivity contribution in [3.8, 4) is 11.5 Å².